The normalized spacial score (nSPS) is 13.5. The summed E-state index contributed by atoms with van der Waals surface area (Å²) < 4.78 is 5.33. The average Bonchev–Trinajstić information content (AvgIpc) is 2.96. The van der Waals surface area contributed by atoms with Crippen LogP contribution in [-0.4, -0.2) is 32.3 Å². The van der Waals surface area contributed by atoms with Gasteiger partial charge in [-0.2, -0.15) is 0 Å². The number of guanidine groups is 1. The van der Waals surface area contributed by atoms with Crippen LogP contribution in [0.1, 0.15) is 37.0 Å². The lowest BCUT2D eigenvalue weighted by atomic mass is 10.1. The number of fused-ring (bicyclic) bond motifs is 1. The van der Waals surface area contributed by atoms with E-state index in [1.54, 1.807) is 0 Å². The number of hydrogen-bond donors (Lipinski definition) is 2. The Bertz CT molecular complexity index is 477. The van der Waals surface area contributed by atoms with Crippen molar-refractivity contribution >= 4 is 29.9 Å². The van der Waals surface area contributed by atoms with Crippen LogP contribution in [0, 0.1) is 0 Å². The van der Waals surface area contributed by atoms with Crippen molar-refractivity contribution in [3.63, 3.8) is 0 Å². The molecule has 22 heavy (non-hydrogen) atoms. The molecule has 0 saturated heterocycles. The van der Waals surface area contributed by atoms with Crippen molar-refractivity contribution in [3.8, 4) is 0 Å². The van der Waals surface area contributed by atoms with Gasteiger partial charge in [0, 0.05) is 19.7 Å². The molecular weight excluding hydrogens is 389 g/mol. The molecule has 1 aliphatic rings. The molecule has 0 heterocycles. The Balaban J connectivity index is 0.00000242. The first-order chi connectivity index (χ1) is 10.3. The van der Waals surface area contributed by atoms with Gasteiger partial charge in [0.1, 0.15) is 0 Å². The molecule has 0 atom stereocenters. The van der Waals surface area contributed by atoms with E-state index in [9.17, 15) is 0 Å². The van der Waals surface area contributed by atoms with Gasteiger partial charge in [0.2, 0.25) is 0 Å². The van der Waals surface area contributed by atoms with Gasteiger partial charge in [-0.25, -0.2) is 4.99 Å². The molecule has 5 heteroatoms. The van der Waals surface area contributed by atoms with Crippen LogP contribution >= 0.6 is 24.0 Å². The van der Waals surface area contributed by atoms with Crippen LogP contribution in [0.5, 0.6) is 0 Å². The molecule has 0 radical (unpaired) electrons. The molecule has 4 nitrogen and oxygen atoms in total. The number of nitrogens with one attached hydrogen (secondary N) is 2. The maximum atomic E-state index is 5.33. The fourth-order valence-electron chi connectivity index (χ4n) is 2.62. The molecule has 0 amide bonds. The molecular formula is C17H28IN3O. The molecule has 0 spiro atoms. The zero-order chi connectivity index (χ0) is 14.9. The number of aliphatic imine (C=N–C) groups is 1. The van der Waals surface area contributed by atoms with Crippen LogP contribution in [-0.2, 0) is 24.1 Å². The van der Waals surface area contributed by atoms with Crippen LogP contribution in [0.3, 0.4) is 0 Å². The highest BCUT2D eigenvalue weighted by Crippen LogP contribution is 2.22. The highest BCUT2D eigenvalue weighted by molar-refractivity contribution is 14.0. The fraction of sp³-hybridized carbons (Fsp3) is 0.588. The van der Waals surface area contributed by atoms with Gasteiger partial charge < -0.3 is 15.4 Å². The Morgan fingerprint density at radius 1 is 1.18 bits per heavy atom. The van der Waals surface area contributed by atoms with Crippen molar-refractivity contribution < 1.29 is 4.74 Å². The van der Waals surface area contributed by atoms with E-state index >= 15 is 0 Å². The summed E-state index contributed by atoms with van der Waals surface area (Å²) in [6.07, 6.45) is 3.75. The molecule has 2 rings (SSSR count). The molecule has 0 aliphatic heterocycles. The summed E-state index contributed by atoms with van der Waals surface area (Å²) in [6.45, 7) is 7.91. The molecule has 0 unspecified atom stereocenters. The van der Waals surface area contributed by atoms with Crippen molar-refractivity contribution in [2.75, 3.05) is 26.3 Å². The van der Waals surface area contributed by atoms with Crippen LogP contribution in [0.25, 0.3) is 0 Å². The monoisotopic (exact) mass is 417 g/mol. The third-order valence-corrected chi connectivity index (χ3v) is 3.67. The smallest absolute Gasteiger partial charge is 0.191 e. The summed E-state index contributed by atoms with van der Waals surface area (Å²) in [6, 6.07) is 6.79. The van der Waals surface area contributed by atoms with Crippen LogP contribution in [0.15, 0.2) is 23.2 Å². The number of nitrogens with zero attached hydrogens (tertiary/aromatic N) is 1. The molecule has 1 aromatic rings. The van der Waals surface area contributed by atoms with Crippen molar-refractivity contribution in [1.29, 1.82) is 0 Å². The largest absolute Gasteiger partial charge is 0.380 e. The first-order valence-corrected chi connectivity index (χ1v) is 8.04. The second-order valence-corrected chi connectivity index (χ2v) is 5.28. The maximum Gasteiger partial charge on any atom is 0.191 e. The zero-order valence-corrected chi connectivity index (χ0v) is 16.0. The summed E-state index contributed by atoms with van der Waals surface area (Å²) >= 11 is 0. The van der Waals surface area contributed by atoms with Gasteiger partial charge in [0.25, 0.3) is 0 Å². The highest BCUT2D eigenvalue weighted by atomic mass is 127. The third kappa shape index (κ3) is 6.12. The quantitative estimate of drug-likeness (QED) is 0.311. The standard InChI is InChI=1S/C17H27N3O.HI/c1-3-18-17(19-10-11-21-4-2)20-13-14-8-9-15-6-5-7-16(15)12-14;/h8-9,12H,3-7,10-11,13H2,1-2H3,(H2,18,19,20);1H. The minimum atomic E-state index is 0. The van der Waals surface area contributed by atoms with Gasteiger partial charge in [-0.15, -0.1) is 24.0 Å². The van der Waals surface area contributed by atoms with Crippen molar-refractivity contribution in [2.24, 2.45) is 4.99 Å². The van der Waals surface area contributed by atoms with Gasteiger partial charge in [-0.05, 0) is 49.8 Å². The van der Waals surface area contributed by atoms with E-state index in [0.717, 1.165) is 32.2 Å². The number of halogens is 1. The fourth-order valence-corrected chi connectivity index (χ4v) is 2.62. The van der Waals surface area contributed by atoms with E-state index in [-0.39, 0.29) is 24.0 Å². The van der Waals surface area contributed by atoms with Gasteiger partial charge >= 0.3 is 0 Å². The SMILES string of the molecule is CCNC(=NCc1ccc2c(c1)CCC2)NCCOCC.I. The Hall–Kier alpha value is -0.820. The van der Waals surface area contributed by atoms with Gasteiger partial charge in [-0.3, -0.25) is 0 Å². The predicted molar refractivity (Wildman–Crippen MR) is 103 cm³/mol. The third-order valence-electron chi connectivity index (χ3n) is 3.67. The topological polar surface area (TPSA) is 45.7 Å². The summed E-state index contributed by atoms with van der Waals surface area (Å²) in [5, 5.41) is 6.56. The minimum Gasteiger partial charge on any atom is -0.380 e. The second-order valence-electron chi connectivity index (χ2n) is 5.28. The van der Waals surface area contributed by atoms with Crippen LogP contribution in [0.2, 0.25) is 0 Å². The predicted octanol–water partition coefficient (Wildman–Crippen LogP) is 2.88. The first kappa shape index (κ1) is 19.2. The summed E-state index contributed by atoms with van der Waals surface area (Å²) in [5.74, 6) is 0.859. The molecule has 124 valence electrons. The molecule has 1 aliphatic carbocycles. The van der Waals surface area contributed by atoms with Gasteiger partial charge in [0.15, 0.2) is 5.96 Å². The Morgan fingerprint density at radius 3 is 2.77 bits per heavy atom. The molecule has 1 aromatic carbocycles. The van der Waals surface area contributed by atoms with Crippen molar-refractivity contribution in [1.82, 2.24) is 10.6 Å². The van der Waals surface area contributed by atoms with E-state index in [4.69, 9.17) is 4.74 Å². The van der Waals surface area contributed by atoms with E-state index in [1.807, 2.05) is 6.92 Å². The highest BCUT2D eigenvalue weighted by Gasteiger charge is 2.10. The lowest BCUT2D eigenvalue weighted by Crippen LogP contribution is -2.39. The van der Waals surface area contributed by atoms with Crippen LogP contribution in [0.4, 0.5) is 0 Å². The number of benzene rings is 1. The first-order valence-electron chi connectivity index (χ1n) is 8.04. The number of aryl methyl sites for hydroxylation is 2. The van der Waals surface area contributed by atoms with Gasteiger partial charge in [0.05, 0.1) is 13.2 Å². The zero-order valence-electron chi connectivity index (χ0n) is 13.7. The molecule has 2 N–H and O–H groups in total. The molecule has 0 bridgehead atoms. The van der Waals surface area contributed by atoms with E-state index in [2.05, 4.69) is 40.7 Å². The van der Waals surface area contributed by atoms with E-state index < -0.39 is 0 Å². The number of hydrogen-bond acceptors (Lipinski definition) is 2. The summed E-state index contributed by atoms with van der Waals surface area (Å²) in [4.78, 5) is 4.65. The van der Waals surface area contributed by atoms with E-state index in [1.165, 1.54) is 36.0 Å². The average molecular weight is 417 g/mol. The van der Waals surface area contributed by atoms with Crippen molar-refractivity contribution in [2.45, 2.75) is 39.7 Å². The second kappa shape index (κ2) is 10.8. The lowest BCUT2D eigenvalue weighted by molar-refractivity contribution is 0.152. The molecule has 0 aromatic heterocycles. The summed E-state index contributed by atoms with van der Waals surface area (Å²) in [5.41, 5.74) is 4.32. The molecule has 0 saturated carbocycles. The van der Waals surface area contributed by atoms with Crippen molar-refractivity contribution in [3.05, 3.63) is 34.9 Å². The van der Waals surface area contributed by atoms with E-state index in [0.29, 0.717) is 6.61 Å². The lowest BCUT2D eigenvalue weighted by Gasteiger charge is -2.11. The van der Waals surface area contributed by atoms with Crippen LogP contribution < -0.4 is 10.6 Å². The summed E-state index contributed by atoms with van der Waals surface area (Å²) in [7, 11) is 0. The number of ether oxygens (including phenoxy) is 1. The Kier molecular flexibility index (Phi) is 9.47. The Labute approximate surface area is 151 Å². The Morgan fingerprint density at radius 2 is 2.00 bits per heavy atom. The minimum absolute atomic E-state index is 0. The maximum absolute atomic E-state index is 5.33. The molecule has 0 fully saturated rings. The number of rotatable bonds is 7. The van der Waals surface area contributed by atoms with Gasteiger partial charge in [-0.1, -0.05) is 18.2 Å².